The molecule has 0 unspecified atom stereocenters. The molecule has 22 heavy (non-hydrogen) atoms. The maximum absolute atomic E-state index is 11.9. The first-order valence-corrected chi connectivity index (χ1v) is 7.87. The lowest BCUT2D eigenvalue weighted by Gasteiger charge is -2.33. The van der Waals surface area contributed by atoms with Gasteiger partial charge in [-0.15, -0.1) is 0 Å². The zero-order chi connectivity index (χ0) is 15.7. The van der Waals surface area contributed by atoms with Crippen LogP contribution in [-0.2, 0) is 20.5 Å². The van der Waals surface area contributed by atoms with Crippen LogP contribution >= 0.6 is 11.6 Å². The standard InChI is InChI=1S/C15H20ClN5O/c1-19-8-5-17-13(19)9-11-3-6-21(7-4-11)12-10-18-20(2)15(22)14(12)16/h5,8,10-11H,3-4,6-7,9H2,1-2H3. The van der Waals surface area contributed by atoms with Crippen LogP contribution in [0.1, 0.15) is 18.7 Å². The number of aryl methyl sites for hydroxylation is 2. The highest BCUT2D eigenvalue weighted by atomic mass is 35.5. The zero-order valence-corrected chi connectivity index (χ0v) is 13.6. The van der Waals surface area contributed by atoms with Crippen molar-refractivity contribution in [2.75, 3.05) is 18.0 Å². The van der Waals surface area contributed by atoms with Crippen LogP contribution in [0, 0.1) is 5.92 Å². The topological polar surface area (TPSA) is 56.0 Å². The second-order valence-electron chi connectivity index (χ2n) is 5.86. The average Bonchev–Trinajstić information content (AvgIpc) is 2.91. The van der Waals surface area contributed by atoms with Gasteiger partial charge in [-0.2, -0.15) is 5.10 Å². The molecule has 3 rings (SSSR count). The highest BCUT2D eigenvalue weighted by Crippen LogP contribution is 2.28. The van der Waals surface area contributed by atoms with Crippen molar-refractivity contribution in [3.63, 3.8) is 0 Å². The number of hydrogen-bond acceptors (Lipinski definition) is 4. The van der Waals surface area contributed by atoms with Gasteiger partial charge in [-0.1, -0.05) is 11.6 Å². The molecule has 118 valence electrons. The number of halogens is 1. The molecule has 1 aliphatic rings. The Bertz CT molecular complexity index is 715. The van der Waals surface area contributed by atoms with Crippen molar-refractivity contribution in [2.24, 2.45) is 20.0 Å². The van der Waals surface area contributed by atoms with E-state index in [9.17, 15) is 4.79 Å². The van der Waals surface area contributed by atoms with Gasteiger partial charge in [0.1, 0.15) is 10.8 Å². The maximum atomic E-state index is 11.9. The number of imidazole rings is 1. The third kappa shape index (κ3) is 2.88. The number of hydrogen-bond donors (Lipinski definition) is 0. The van der Waals surface area contributed by atoms with Crippen LogP contribution < -0.4 is 10.5 Å². The number of anilines is 1. The van der Waals surface area contributed by atoms with Crippen molar-refractivity contribution >= 4 is 17.3 Å². The molecule has 6 nitrogen and oxygen atoms in total. The molecule has 0 aliphatic carbocycles. The van der Waals surface area contributed by atoms with Crippen LogP contribution in [0.2, 0.25) is 5.02 Å². The highest BCUT2D eigenvalue weighted by Gasteiger charge is 2.23. The van der Waals surface area contributed by atoms with Crippen LogP contribution in [0.4, 0.5) is 5.69 Å². The summed E-state index contributed by atoms with van der Waals surface area (Å²) >= 11 is 6.18. The van der Waals surface area contributed by atoms with Crippen molar-refractivity contribution < 1.29 is 0 Å². The van der Waals surface area contributed by atoms with Crippen LogP contribution in [0.3, 0.4) is 0 Å². The van der Waals surface area contributed by atoms with Gasteiger partial charge in [-0.3, -0.25) is 4.79 Å². The molecule has 7 heteroatoms. The fourth-order valence-electron chi connectivity index (χ4n) is 2.95. The molecule has 2 aromatic heterocycles. The van der Waals surface area contributed by atoms with E-state index in [1.807, 2.05) is 19.4 Å². The van der Waals surface area contributed by atoms with E-state index in [0.29, 0.717) is 5.92 Å². The second-order valence-corrected chi connectivity index (χ2v) is 6.24. The minimum absolute atomic E-state index is 0.241. The molecule has 3 heterocycles. The first kappa shape index (κ1) is 15.1. The van der Waals surface area contributed by atoms with E-state index in [2.05, 4.69) is 19.5 Å². The van der Waals surface area contributed by atoms with E-state index in [0.717, 1.165) is 43.9 Å². The summed E-state index contributed by atoms with van der Waals surface area (Å²) in [6.07, 6.45) is 8.64. The molecule has 0 N–H and O–H groups in total. The fourth-order valence-corrected chi connectivity index (χ4v) is 3.24. The van der Waals surface area contributed by atoms with E-state index in [-0.39, 0.29) is 10.6 Å². The first-order chi connectivity index (χ1) is 10.6. The maximum Gasteiger partial charge on any atom is 0.287 e. The van der Waals surface area contributed by atoms with Gasteiger partial charge in [0.05, 0.1) is 11.9 Å². The summed E-state index contributed by atoms with van der Waals surface area (Å²) in [6, 6.07) is 0. The molecule has 0 aromatic carbocycles. The Balaban J connectivity index is 1.66. The number of nitrogens with zero attached hydrogens (tertiary/aromatic N) is 5. The fraction of sp³-hybridized carbons (Fsp3) is 0.533. The molecular formula is C15H20ClN5O. The molecule has 0 amide bonds. The van der Waals surface area contributed by atoms with Gasteiger partial charge in [0.2, 0.25) is 0 Å². The molecule has 0 spiro atoms. The smallest absolute Gasteiger partial charge is 0.287 e. The van der Waals surface area contributed by atoms with Gasteiger partial charge in [0.15, 0.2) is 0 Å². The molecule has 1 saturated heterocycles. The summed E-state index contributed by atoms with van der Waals surface area (Å²) in [5.74, 6) is 1.75. The SMILES string of the molecule is Cn1ccnc1CC1CCN(c2cnn(C)c(=O)c2Cl)CC1. The quantitative estimate of drug-likeness (QED) is 0.862. The predicted molar refractivity (Wildman–Crippen MR) is 86.3 cm³/mol. The number of rotatable bonds is 3. The Morgan fingerprint density at radius 2 is 2.05 bits per heavy atom. The molecule has 0 atom stereocenters. The Labute approximate surface area is 134 Å². The summed E-state index contributed by atoms with van der Waals surface area (Å²) in [6.45, 7) is 1.79. The van der Waals surface area contributed by atoms with Crippen molar-refractivity contribution in [2.45, 2.75) is 19.3 Å². The van der Waals surface area contributed by atoms with Crippen molar-refractivity contribution in [3.05, 3.63) is 39.8 Å². The lowest BCUT2D eigenvalue weighted by molar-refractivity contribution is 0.393. The number of piperidine rings is 1. The van der Waals surface area contributed by atoms with Crippen molar-refractivity contribution in [1.29, 1.82) is 0 Å². The van der Waals surface area contributed by atoms with Gasteiger partial charge in [0.25, 0.3) is 5.56 Å². The number of aromatic nitrogens is 4. The largest absolute Gasteiger partial charge is 0.369 e. The van der Waals surface area contributed by atoms with E-state index < -0.39 is 0 Å². The average molecular weight is 322 g/mol. The molecule has 2 aromatic rings. The van der Waals surface area contributed by atoms with Gasteiger partial charge in [-0.05, 0) is 18.8 Å². The van der Waals surface area contributed by atoms with E-state index >= 15 is 0 Å². The minimum Gasteiger partial charge on any atom is -0.369 e. The Kier molecular flexibility index (Phi) is 4.20. The monoisotopic (exact) mass is 321 g/mol. The van der Waals surface area contributed by atoms with Crippen LogP contribution in [0.25, 0.3) is 0 Å². The van der Waals surface area contributed by atoms with Gasteiger partial charge in [-0.25, -0.2) is 9.67 Å². The molecule has 1 fully saturated rings. The van der Waals surface area contributed by atoms with E-state index in [1.54, 1.807) is 13.2 Å². The molecule has 0 saturated carbocycles. The molecule has 1 aliphatic heterocycles. The van der Waals surface area contributed by atoms with Crippen LogP contribution in [0.15, 0.2) is 23.4 Å². The summed E-state index contributed by atoms with van der Waals surface area (Å²) < 4.78 is 3.34. The third-order valence-corrected chi connectivity index (χ3v) is 4.76. The van der Waals surface area contributed by atoms with Crippen LogP contribution in [0.5, 0.6) is 0 Å². The summed E-state index contributed by atoms with van der Waals surface area (Å²) in [5, 5.41) is 4.33. The van der Waals surface area contributed by atoms with Crippen molar-refractivity contribution in [1.82, 2.24) is 19.3 Å². The Morgan fingerprint density at radius 1 is 1.32 bits per heavy atom. The van der Waals surface area contributed by atoms with E-state index in [1.165, 1.54) is 4.68 Å². The van der Waals surface area contributed by atoms with Gasteiger partial charge >= 0.3 is 0 Å². The summed E-state index contributed by atoms with van der Waals surface area (Å²) in [5.41, 5.74) is 0.509. The van der Waals surface area contributed by atoms with Crippen molar-refractivity contribution in [3.8, 4) is 0 Å². The third-order valence-electron chi connectivity index (χ3n) is 4.41. The highest BCUT2D eigenvalue weighted by molar-refractivity contribution is 6.33. The summed E-state index contributed by atoms with van der Waals surface area (Å²) in [4.78, 5) is 18.4. The molecule has 0 bridgehead atoms. The Hall–Kier alpha value is -1.82. The van der Waals surface area contributed by atoms with E-state index in [4.69, 9.17) is 11.6 Å². The predicted octanol–water partition coefficient (Wildman–Crippen LogP) is 1.63. The second kappa shape index (κ2) is 6.12. The lowest BCUT2D eigenvalue weighted by atomic mass is 9.93. The van der Waals surface area contributed by atoms with Gasteiger partial charge in [0, 0.05) is 46.0 Å². The zero-order valence-electron chi connectivity index (χ0n) is 12.9. The lowest BCUT2D eigenvalue weighted by Crippen LogP contribution is -2.36. The molecular weight excluding hydrogens is 302 g/mol. The summed E-state index contributed by atoms with van der Waals surface area (Å²) in [7, 11) is 3.64. The molecule has 0 radical (unpaired) electrons. The van der Waals surface area contributed by atoms with Crippen LogP contribution in [-0.4, -0.2) is 32.4 Å². The Morgan fingerprint density at radius 3 is 2.68 bits per heavy atom. The normalized spacial score (nSPS) is 16.2. The van der Waals surface area contributed by atoms with Gasteiger partial charge < -0.3 is 9.47 Å². The minimum atomic E-state index is -0.241. The first-order valence-electron chi connectivity index (χ1n) is 7.49.